The average Bonchev–Trinajstić information content (AvgIpc) is 2.83. The van der Waals surface area contributed by atoms with E-state index >= 15 is 0 Å². The van der Waals surface area contributed by atoms with Crippen molar-refractivity contribution in [1.82, 2.24) is 19.7 Å². The Labute approximate surface area is 107 Å². The lowest BCUT2D eigenvalue weighted by Crippen LogP contribution is -2.25. The molecule has 5 nitrogen and oxygen atoms in total. The van der Waals surface area contributed by atoms with Gasteiger partial charge in [0.15, 0.2) is 0 Å². The molecule has 0 aromatic carbocycles. The second kappa shape index (κ2) is 5.16. The molecule has 0 amide bonds. The number of rotatable bonds is 4. The van der Waals surface area contributed by atoms with Crippen molar-refractivity contribution < 1.29 is 0 Å². The van der Waals surface area contributed by atoms with Crippen LogP contribution in [0.15, 0.2) is 18.5 Å². The van der Waals surface area contributed by atoms with E-state index in [-0.39, 0.29) is 0 Å². The standard InChI is InChI=1S/C13H19N5/c1-10-11(2)15-12(3)16-13(10)17(4)8-9-18-7-5-6-14-18/h5-7H,8-9H2,1-4H3. The third-order valence-corrected chi connectivity index (χ3v) is 3.06. The Hall–Kier alpha value is -1.91. The largest absolute Gasteiger partial charge is 0.357 e. The molecular weight excluding hydrogens is 226 g/mol. The van der Waals surface area contributed by atoms with Crippen LogP contribution in [0.25, 0.3) is 0 Å². The van der Waals surface area contributed by atoms with Crippen molar-refractivity contribution in [1.29, 1.82) is 0 Å². The lowest BCUT2D eigenvalue weighted by Gasteiger charge is -2.21. The van der Waals surface area contributed by atoms with Gasteiger partial charge in [-0.05, 0) is 26.8 Å². The summed E-state index contributed by atoms with van der Waals surface area (Å²) in [6, 6.07) is 1.93. The van der Waals surface area contributed by atoms with E-state index in [9.17, 15) is 0 Å². The summed E-state index contributed by atoms with van der Waals surface area (Å²) < 4.78 is 1.92. The molecule has 5 heteroatoms. The molecule has 2 rings (SSSR count). The zero-order valence-electron chi connectivity index (χ0n) is 11.4. The molecule has 0 fully saturated rings. The molecule has 0 radical (unpaired) electrons. The molecule has 96 valence electrons. The average molecular weight is 245 g/mol. The normalized spacial score (nSPS) is 10.7. The van der Waals surface area contributed by atoms with Crippen molar-refractivity contribution in [2.75, 3.05) is 18.5 Å². The van der Waals surface area contributed by atoms with Gasteiger partial charge < -0.3 is 4.90 Å². The van der Waals surface area contributed by atoms with Gasteiger partial charge in [0.25, 0.3) is 0 Å². The first-order chi connectivity index (χ1) is 8.58. The fraction of sp³-hybridized carbons (Fsp3) is 0.462. The second-order valence-electron chi connectivity index (χ2n) is 4.50. The van der Waals surface area contributed by atoms with E-state index in [1.54, 1.807) is 6.20 Å². The summed E-state index contributed by atoms with van der Waals surface area (Å²) in [5.74, 6) is 1.83. The minimum absolute atomic E-state index is 0.819. The second-order valence-corrected chi connectivity index (χ2v) is 4.50. The molecule has 18 heavy (non-hydrogen) atoms. The van der Waals surface area contributed by atoms with E-state index in [0.29, 0.717) is 0 Å². The number of likely N-dealkylation sites (N-methyl/N-ethyl adjacent to an activating group) is 1. The SMILES string of the molecule is Cc1nc(C)c(C)c(N(C)CCn2cccn2)n1. The van der Waals surface area contributed by atoms with Gasteiger partial charge in [-0.1, -0.05) is 0 Å². The predicted octanol–water partition coefficient (Wildman–Crippen LogP) is 1.73. The summed E-state index contributed by atoms with van der Waals surface area (Å²) in [7, 11) is 2.05. The molecule has 0 aliphatic carbocycles. The third kappa shape index (κ3) is 2.67. The molecule has 2 aromatic heterocycles. The first kappa shape index (κ1) is 12.5. The van der Waals surface area contributed by atoms with Crippen molar-refractivity contribution in [3.63, 3.8) is 0 Å². The Morgan fingerprint density at radius 2 is 2.00 bits per heavy atom. The summed E-state index contributed by atoms with van der Waals surface area (Å²) in [6.45, 7) is 7.74. The van der Waals surface area contributed by atoms with E-state index < -0.39 is 0 Å². The number of nitrogens with zero attached hydrogens (tertiary/aromatic N) is 5. The molecule has 0 unspecified atom stereocenters. The number of aromatic nitrogens is 4. The van der Waals surface area contributed by atoms with Crippen molar-refractivity contribution in [3.8, 4) is 0 Å². The highest BCUT2D eigenvalue weighted by Crippen LogP contribution is 2.18. The lowest BCUT2D eigenvalue weighted by molar-refractivity contribution is 0.608. The van der Waals surface area contributed by atoms with Crippen LogP contribution in [-0.2, 0) is 6.54 Å². The molecule has 0 spiro atoms. The molecule has 2 heterocycles. The fourth-order valence-electron chi connectivity index (χ4n) is 1.91. The monoisotopic (exact) mass is 245 g/mol. The van der Waals surface area contributed by atoms with Gasteiger partial charge in [0, 0.05) is 37.2 Å². The highest BCUT2D eigenvalue weighted by Gasteiger charge is 2.10. The van der Waals surface area contributed by atoms with Crippen molar-refractivity contribution in [3.05, 3.63) is 35.5 Å². The van der Waals surface area contributed by atoms with Gasteiger partial charge in [0.2, 0.25) is 0 Å². The number of hydrogen-bond acceptors (Lipinski definition) is 4. The van der Waals surface area contributed by atoms with Gasteiger partial charge in [-0.25, -0.2) is 9.97 Å². The van der Waals surface area contributed by atoms with Crippen molar-refractivity contribution in [2.24, 2.45) is 0 Å². The molecule has 2 aromatic rings. The van der Waals surface area contributed by atoms with Crippen LogP contribution >= 0.6 is 0 Å². The fourth-order valence-corrected chi connectivity index (χ4v) is 1.91. The minimum Gasteiger partial charge on any atom is -0.357 e. The zero-order valence-corrected chi connectivity index (χ0v) is 11.4. The highest BCUT2D eigenvalue weighted by molar-refractivity contribution is 5.47. The molecule has 0 N–H and O–H groups in total. The molecule has 0 atom stereocenters. The number of anilines is 1. The highest BCUT2D eigenvalue weighted by atomic mass is 15.3. The maximum atomic E-state index is 4.52. The molecule has 0 bridgehead atoms. The summed E-state index contributed by atoms with van der Waals surface area (Å²) >= 11 is 0. The van der Waals surface area contributed by atoms with Crippen LogP contribution in [0.4, 0.5) is 5.82 Å². The van der Waals surface area contributed by atoms with Crippen LogP contribution in [0.3, 0.4) is 0 Å². The van der Waals surface area contributed by atoms with Crippen molar-refractivity contribution in [2.45, 2.75) is 27.3 Å². The molecule has 0 saturated heterocycles. The lowest BCUT2D eigenvalue weighted by atomic mass is 10.2. The topological polar surface area (TPSA) is 46.8 Å². The van der Waals surface area contributed by atoms with Gasteiger partial charge >= 0.3 is 0 Å². The Morgan fingerprint density at radius 1 is 1.22 bits per heavy atom. The molecule has 0 aliphatic heterocycles. The van der Waals surface area contributed by atoms with E-state index in [4.69, 9.17) is 0 Å². The van der Waals surface area contributed by atoms with Gasteiger partial charge in [0.05, 0.1) is 6.54 Å². The van der Waals surface area contributed by atoms with Crippen LogP contribution < -0.4 is 4.90 Å². The first-order valence-electron chi connectivity index (χ1n) is 6.08. The minimum atomic E-state index is 0.819. The van der Waals surface area contributed by atoms with Gasteiger partial charge in [-0.15, -0.1) is 0 Å². The van der Waals surface area contributed by atoms with E-state index in [1.165, 1.54) is 0 Å². The van der Waals surface area contributed by atoms with Crippen LogP contribution in [0.2, 0.25) is 0 Å². The van der Waals surface area contributed by atoms with Crippen LogP contribution in [0, 0.1) is 20.8 Å². The van der Waals surface area contributed by atoms with Crippen LogP contribution in [0.1, 0.15) is 17.1 Å². The van der Waals surface area contributed by atoms with Gasteiger partial charge in [-0.3, -0.25) is 4.68 Å². The van der Waals surface area contributed by atoms with E-state index in [1.807, 2.05) is 30.8 Å². The van der Waals surface area contributed by atoms with Gasteiger partial charge in [-0.2, -0.15) is 5.10 Å². The molecule has 0 saturated carbocycles. The van der Waals surface area contributed by atoms with Crippen LogP contribution in [-0.4, -0.2) is 33.3 Å². The Balaban J connectivity index is 2.11. The predicted molar refractivity (Wildman–Crippen MR) is 71.7 cm³/mol. The van der Waals surface area contributed by atoms with E-state index in [2.05, 4.69) is 33.9 Å². The maximum absolute atomic E-state index is 4.52. The first-order valence-corrected chi connectivity index (χ1v) is 6.08. The summed E-state index contributed by atoms with van der Waals surface area (Å²) in [4.78, 5) is 11.0. The molecule has 0 aliphatic rings. The summed E-state index contributed by atoms with van der Waals surface area (Å²) in [5, 5.41) is 4.20. The van der Waals surface area contributed by atoms with Crippen LogP contribution in [0.5, 0.6) is 0 Å². The van der Waals surface area contributed by atoms with Gasteiger partial charge in [0.1, 0.15) is 11.6 Å². The quantitative estimate of drug-likeness (QED) is 0.823. The number of aryl methyl sites for hydroxylation is 2. The Kier molecular flexibility index (Phi) is 3.60. The Bertz CT molecular complexity index is 518. The maximum Gasteiger partial charge on any atom is 0.135 e. The molecular formula is C13H19N5. The summed E-state index contributed by atoms with van der Waals surface area (Å²) in [5.41, 5.74) is 2.19. The van der Waals surface area contributed by atoms with E-state index in [0.717, 1.165) is 36.0 Å². The third-order valence-electron chi connectivity index (χ3n) is 3.06. The smallest absolute Gasteiger partial charge is 0.135 e. The van der Waals surface area contributed by atoms with Crippen molar-refractivity contribution >= 4 is 5.82 Å². The summed E-state index contributed by atoms with van der Waals surface area (Å²) in [6.07, 6.45) is 3.77. The zero-order chi connectivity index (χ0) is 13.1. The number of hydrogen-bond donors (Lipinski definition) is 0. The Morgan fingerprint density at radius 3 is 2.67 bits per heavy atom.